The fourth-order valence-corrected chi connectivity index (χ4v) is 3.63. The van der Waals surface area contributed by atoms with Crippen molar-refractivity contribution < 1.29 is 14.7 Å². The Bertz CT molecular complexity index is 374. The molecule has 0 bridgehead atoms. The molecule has 0 radical (unpaired) electrons. The first-order valence-corrected chi connectivity index (χ1v) is 8.75. The fraction of sp³-hybridized carbons (Fsp3) is 0.867. The van der Waals surface area contributed by atoms with Crippen LogP contribution in [0.4, 0.5) is 4.79 Å². The van der Waals surface area contributed by atoms with E-state index < -0.39 is 23.5 Å². The highest BCUT2D eigenvalue weighted by Crippen LogP contribution is 2.37. The largest absolute Gasteiger partial charge is 0.480 e. The van der Waals surface area contributed by atoms with Gasteiger partial charge in [0.05, 0.1) is 0 Å². The molecule has 0 unspecified atom stereocenters. The lowest BCUT2D eigenvalue weighted by Crippen LogP contribution is -2.54. The molecular formula is C15H28N2O3S. The predicted octanol–water partition coefficient (Wildman–Crippen LogP) is 2.85. The lowest BCUT2D eigenvalue weighted by Gasteiger charge is -2.36. The van der Waals surface area contributed by atoms with Crippen molar-refractivity contribution in [3.8, 4) is 0 Å². The Morgan fingerprint density at radius 1 is 1.24 bits per heavy atom. The minimum absolute atomic E-state index is 0.107. The molecule has 122 valence electrons. The van der Waals surface area contributed by atoms with Crippen LogP contribution in [0.25, 0.3) is 0 Å². The van der Waals surface area contributed by atoms with Crippen LogP contribution in [0, 0.1) is 5.41 Å². The maximum atomic E-state index is 12.0. The van der Waals surface area contributed by atoms with Gasteiger partial charge in [-0.2, -0.15) is 11.8 Å². The van der Waals surface area contributed by atoms with Gasteiger partial charge >= 0.3 is 12.0 Å². The van der Waals surface area contributed by atoms with E-state index in [1.54, 1.807) is 20.8 Å². The second kappa shape index (κ2) is 7.38. The number of carbonyl (C=O) groups is 2. The zero-order chi connectivity index (χ0) is 16.1. The van der Waals surface area contributed by atoms with Crippen LogP contribution in [-0.2, 0) is 4.79 Å². The number of hydrogen-bond acceptors (Lipinski definition) is 3. The van der Waals surface area contributed by atoms with Crippen LogP contribution in [0.3, 0.4) is 0 Å². The molecule has 2 amide bonds. The molecule has 1 fully saturated rings. The highest BCUT2D eigenvalue weighted by atomic mass is 32.2. The monoisotopic (exact) mass is 316 g/mol. The fourth-order valence-electron chi connectivity index (χ4n) is 2.72. The number of amides is 2. The zero-order valence-corrected chi connectivity index (χ0v) is 14.3. The van der Waals surface area contributed by atoms with E-state index in [1.165, 1.54) is 19.3 Å². The molecule has 0 aliphatic heterocycles. The van der Waals surface area contributed by atoms with Crippen molar-refractivity contribution in [3.05, 3.63) is 0 Å². The molecule has 6 heteroatoms. The molecule has 1 rings (SSSR count). The third-order valence-corrected chi connectivity index (χ3v) is 5.58. The van der Waals surface area contributed by atoms with Crippen molar-refractivity contribution in [1.82, 2.24) is 10.6 Å². The highest BCUT2D eigenvalue weighted by molar-refractivity contribution is 8.00. The Balaban J connectivity index is 2.54. The lowest BCUT2D eigenvalue weighted by molar-refractivity contribution is -0.141. The minimum atomic E-state index is -1.00. The summed E-state index contributed by atoms with van der Waals surface area (Å²) in [4.78, 5) is 23.3. The third-order valence-electron chi connectivity index (χ3n) is 4.16. The van der Waals surface area contributed by atoms with Crippen molar-refractivity contribution >= 4 is 23.8 Å². The van der Waals surface area contributed by atoms with Gasteiger partial charge in [0.15, 0.2) is 0 Å². The molecular weight excluding hydrogens is 288 g/mol. The van der Waals surface area contributed by atoms with E-state index in [-0.39, 0.29) is 4.75 Å². The summed E-state index contributed by atoms with van der Waals surface area (Å²) >= 11 is 1.81. The Morgan fingerprint density at radius 3 is 2.24 bits per heavy atom. The van der Waals surface area contributed by atoms with Gasteiger partial charge in [0.25, 0.3) is 0 Å². The van der Waals surface area contributed by atoms with Gasteiger partial charge in [-0.15, -0.1) is 0 Å². The number of hydrogen-bond donors (Lipinski definition) is 3. The van der Waals surface area contributed by atoms with Crippen molar-refractivity contribution in [1.29, 1.82) is 0 Å². The number of aliphatic carboxylic acids is 1. The number of carboxylic acids is 1. The molecule has 1 saturated carbocycles. The van der Waals surface area contributed by atoms with Crippen LogP contribution in [-0.4, -0.2) is 40.7 Å². The standard InChI is InChI=1S/C15H28N2O3S/c1-14(2,3)11(12(18)19)17-13(20)16-10-15(21-4)8-6-5-7-9-15/h11H,5-10H2,1-4H3,(H,18,19)(H2,16,17,20)/t11-/m0/s1. The van der Waals surface area contributed by atoms with Crippen LogP contribution in [0.15, 0.2) is 0 Å². The Kier molecular flexibility index (Phi) is 6.38. The molecule has 1 atom stereocenters. The third kappa shape index (κ3) is 5.41. The van der Waals surface area contributed by atoms with E-state index in [1.807, 2.05) is 11.8 Å². The summed E-state index contributed by atoms with van der Waals surface area (Å²) in [7, 11) is 0. The Labute approximate surface area is 131 Å². The predicted molar refractivity (Wildman–Crippen MR) is 86.7 cm³/mol. The maximum absolute atomic E-state index is 12.0. The van der Waals surface area contributed by atoms with Gasteiger partial charge in [-0.3, -0.25) is 0 Å². The Morgan fingerprint density at radius 2 is 1.81 bits per heavy atom. The molecule has 0 heterocycles. The normalized spacial score (nSPS) is 19.6. The van der Waals surface area contributed by atoms with Crippen molar-refractivity contribution in [2.24, 2.45) is 5.41 Å². The summed E-state index contributed by atoms with van der Waals surface area (Å²) in [5.41, 5.74) is -0.523. The van der Waals surface area contributed by atoms with E-state index in [4.69, 9.17) is 0 Å². The number of carboxylic acid groups (broad SMARTS) is 1. The van der Waals surface area contributed by atoms with Gasteiger partial charge < -0.3 is 15.7 Å². The first-order chi connectivity index (χ1) is 9.70. The first-order valence-electron chi connectivity index (χ1n) is 7.52. The maximum Gasteiger partial charge on any atom is 0.326 e. The second-order valence-electron chi connectivity index (χ2n) is 6.91. The van der Waals surface area contributed by atoms with Crippen LogP contribution in [0.2, 0.25) is 0 Å². The van der Waals surface area contributed by atoms with Crippen molar-refractivity contribution in [3.63, 3.8) is 0 Å². The van der Waals surface area contributed by atoms with Crippen molar-refractivity contribution in [2.45, 2.75) is 63.7 Å². The second-order valence-corrected chi connectivity index (χ2v) is 8.19. The van der Waals surface area contributed by atoms with Gasteiger partial charge in [0.2, 0.25) is 0 Å². The molecule has 3 N–H and O–H groups in total. The van der Waals surface area contributed by atoms with E-state index in [0.717, 1.165) is 12.8 Å². The zero-order valence-electron chi connectivity index (χ0n) is 13.5. The molecule has 0 aromatic rings. The molecule has 0 aromatic heterocycles. The van der Waals surface area contributed by atoms with Gasteiger partial charge in [0.1, 0.15) is 6.04 Å². The molecule has 5 nitrogen and oxygen atoms in total. The summed E-state index contributed by atoms with van der Waals surface area (Å²) in [6.07, 6.45) is 7.96. The smallest absolute Gasteiger partial charge is 0.326 e. The molecule has 1 aliphatic rings. The summed E-state index contributed by atoms with van der Waals surface area (Å²) in [5, 5.41) is 14.7. The van der Waals surface area contributed by atoms with E-state index in [2.05, 4.69) is 16.9 Å². The summed E-state index contributed by atoms with van der Waals surface area (Å²) in [6, 6.07) is -1.29. The van der Waals surface area contributed by atoms with E-state index in [9.17, 15) is 14.7 Å². The van der Waals surface area contributed by atoms with Gasteiger partial charge in [-0.05, 0) is 24.5 Å². The Hall–Kier alpha value is -0.910. The molecule has 0 saturated heterocycles. The van der Waals surface area contributed by atoms with E-state index >= 15 is 0 Å². The van der Waals surface area contributed by atoms with Crippen LogP contribution >= 0.6 is 11.8 Å². The number of nitrogens with one attached hydrogen (secondary N) is 2. The van der Waals surface area contributed by atoms with Gasteiger partial charge in [0, 0.05) is 11.3 Å². The number of urea groups is 1. The van der Waals surface area contributed by atoms with E-state index in [0.29, 0.717) is 6.54 Å². The average Bonchev–Trinajstić information content (AvgIpc) is 2.42. The molecule has 0 aromatic carbocycles. The number of rotatable bonds is 5. The highest BCUT2D eigenvalue weighted by Gasteiger charge is 2.34. The first kappa shape index (κ1) is 18.1. The lowest BCUT2D eigenvalue weighted by atomic mass is 9.87. The summed E-state index contributed by atoms with van der Waals surface area (Å²) in [6.45, 7) is 6.00. The SMILES string of the molecule is CSC1(CNC(=O)N[C@@H](C(=O)O)C(C)(C)C)CCCCC1. The van der Waals surface area contributed by atoms with Gasteiger partial charge in [-0.1, -0.05) is 40.0 Å². The minimum Gasteiger partial charge on any atom is -0.480 e. The molecule has 1 aliphatic carbocycles. The molecule has 21 heavy (non-hydrogen) atoms. The topological polar surface area (TPSA) is 78.4 Å². The van der Waals surface area contributed by atoms with Crippen molar-refractivity contribution in [2.75, 3.05) is 12.8 Å². The van der Waals surface area contributed by atoms with Crippen LogP contribution < -0.4 is 10.6 Å². The molecule has 0 spiro atoms. The number of carbonyl (C=O) groups excluding carboxylic acids is 1. The van der Waals surface area contributed by atoms with Gasteiger partial charge in [-0.25, -0.2) is 9.59 Å². The van der Waals surface area contributed by atoms with Crippen LogP contribution in [0.1, 0.15) is 52.9 Å². The summed E-state index contributed by atoms with van der Waals surface area (Å²) in [5.74, 6) is -1.00. The average molecular weight is 316 g/mol. The quantitative estimate of drug-likeness (QED) is 0.729. The summed E-state index contributed by atoms with van der Waals surface area (Å²) < 4.78 is 0.107. The number of thioether (sulfide) groups is 1. The van der Waals surface area contributed by atoms with Crippen LogP contribution in [0.5, 0.6) is 0 Å².